The van der Waals surface area contributed by atoms with Gasteiger partial charge in [-0.15, -0.1) is 0 Å². The molecule has 0 saturated carbocycles. The van der Waals surface area contributed by atoms with Crippen molar-refractivity contribution in [1.82, 2.24) is 14.7 Å². The van der Waals surface area contributed by atoms with Gasteiger partial charge in [0.25, 0.3) is 0 Å². The first-order valence-electron chi connectivity index (χ1n) is 8.51. The molecule has 8 nitrogen and oxygen atoms in total. The van der Waals surface area contributed by atoms with Crippen molar-refractivity contribution in [3.63, 3.8) is 0 Å². The van der Waals surface area contributed by atoms with Crippen LogP contribution in [0.15, 0.2) is 24.3 Å². The van der Waals surface area contributed by atoms with Gasteiger partial charge in [-0.2, -0.15) is 5.10 Å². The fraction of sp³-hybridized carbons (Fsp3) is 0.353. The Balaban J connectivity index is 1.70. The van der Waals surface area contributed by atoms with Crippen molar-refractivity contribution >= 4 is 39.1 Å². The zero-order valence-electron chi connectivity index (χ0n) is 14.3. The molecule has 2 aromatic rings. The summed E-state index contributed by atoms with van der Waals surface area (Å²) in [5.74, 6) is -1.61. The Hall–Kier alpha value is -2.39. The van der Waals surface area contributed by atoms with E-state index in [9.17, 15) is 18.0 Å². The third-order valence-electron chi connectivity index (χ3n) is 4.68. The van der Waals surface area contributed by atoms with Crippen LogP contribution in [0.3, 0.4) is 0 Å². The highest BCUT2D eigenvalue weighted by Crippen LogP contribution is 2.33. The molecule has 1 aromatic carbocycles. The van der Waals surface area contributed by atoms with Crippen LogP contribution in [0.5, 0.6) is 0 Å². The monoisotopic (exact) mass is 408 g/mol. The molecule has 2 amide bonds. The van der Waals surface area contributed by atoms with E-state index in [-0.39, 0.29) is 17.3 Å². The van der Waals surface area contributed by atoms with E-state index in [0.29, 0.717) is 35.1 Å². The van der Waals surface area contributed by atoms with Crippen molar-refractivity contribution < 1.29 is 18.0 Å². The maximum atomic E-state index is 12.5. The van der Waals surface area contributed by atoms with Crippen molar-refractivity contribution in [1.29, 1.82) is 0 Å². The van der Waals surface area contributed by atoms with Crippen LogP contribution in [0, 0.1) is 0 Å². The molecule has 1 fully saturated rings. The van der Waals surface area contributed by atoms with Gasteiger partial charge in [-0.25, -0.2) is 13.1 Å². The first-order valence-corrected chi connectivity index (χ1v) is 10.7. The molecule has 10 heteroatoms. The lowest BCUT2D eigenvalue weighted by Gasteiger charge is -2.16. The normalized spacial score (nSPS) is 17.7. The number of hydrogen-bond acceptors (Lipinski definition) is 5. The zero-order chi connectivity index (χ0) is 19.2. The van der Waals surface area contributed by atoms with Gasteiger partial charge in [0.05, 0.1) is 22.9 Å². The lowest BCUT2D eigenvalue weighted by Crippen LogP contribution is -2.38. The number of halogens is 1. The van der Waals surface area contributed by atoms with E-state index in [2.05, 4.69) is 10.4 Å². The van der Waals surface area contributed by atoms with Crippen molar-refractivity contribution in [3.05, 3.63) is 40.5 Å². The molecule has 2 aliphatic rings. The average molecular weight is 409 g/mol. The number of anilines is 1. The number of nitrogens with one attached hydrogen (secondary N) is 1. The number of carbonyl (C=O) groups excluding carboxylic acids is 2. The summed E-state index contributed by atoms with van der Waals surface area (Å²) in [6.07, 6.45) is 1.74. The zero-order valence-corrected chi connectivity index (χ0v) is 15.9. The van der Waals surface area contributed by atoms with E-state index < -0.39 is 21.7 Å². The molecule has 4 rings (SSSR count). The van der Waals surface area contributed by atoms with Gasteiger partial charge in [0.2, 0.25) is 0 Å². The summed E-state index contributed by atoms with van der Waals surface area (Å²) < 4.78 is 25.4. The SMILES string of the molecule is O=C(Nc1c2c(nn1-c1ccc(Cl)cc1)CS(=O)(=O)C2)C(=O)N1CCCC1. The summed E-state index contributed by atoms with van der Waals surface area (Å²) in [6.45, 7) is 1.10. The number of fused-ring (bicyclic) bond motifs is 1. The molecule has 0 radical (unpaired) electrons. The van der Waals surface area contributed by atoms with Gasteiger partial charge in [-0.05, 0) is 37.1 Å². The molecule has 0 atom stereocenters. The molecule has 1 N–H and O–H groups in total. The number of amides is 2. The van der Waals surface area contributed by atoms with Crippen LogP contribution in [0.1, 0.15) is 24.1 Å². The number of sulfone groups is 1. The standard InChI is InChI=1S/C17H17ClN4O4S/c18-11-3-5-12(6-4-11)22-15(13-9-27(25,26)10-14(13)20-22)19-16(23)17(24)21-7-1-2-8-21/h3-6H,1-2,7-10H2,(H,19,23). The quantitative estimate of drug-likeness (QED) is 0.759. The van der Waals surface area contributed by atoms with Crippen molar-refractivity contribution in [3.8, 4) is 5.69 Å². The molecule has 27 heavy (non-hydrogen) atoms. The second-order valence-electron chi connectivity index (χ2n) is 6.65. The largest absolute Gasteiger partial charge is 0.334 e. The van der Waals surface area contributed by atoms with E-state index in [1.807, 2.05) is 0 Å². The van der Waals surface area contributed by atoms with Crippen LogP contribution in [0.4, 0.5) is 5.82 Å². The summed E-state index contributed by atoms with van der Waals surface area (Å²) >= 11 is 5.92. The third kappa shape index (κ3) is 3.44. The molecule has 3 heterocycles. The van der Waals surface area contributed by atoms with E-state index in [0.717, 1.165) is 12.8 Å². The molecule has 0 bridgehead atoms. The van der Waals surface area contributed by atoms with Crippen LogP contribution in [-0.2, 0) is 30.9 Å². The van der Waals surface area contributed by atoms with Crippen molar-refractivity contribution in [2.75, 3.05) is 18.4 Å². The second-order valence-corrected chi connectivity index (χ2v) is 9.15. The van der Waals surface area contributed by atoms with Gasteiger partial charge >= 0.3 is 11.8 Å². The van der Waals surface area contributed by atoms with Crippen LogP contribution in [0.2, 0.25) is 5.02 Å². The predicted molar refractivity (Wildman–Crippen MR) is 99.3 cm³/mol. The first-order chi connectivity index (χ1) is 12.8. The second kappa shape index (κ2) is 6.65. The maximum Gasteiger partial charge on any atom is 0.315 e. The fourth-order valence-corrected chi connectivity index (χ4v) is 4.98. The molecule has 142 valence electrons. The van der Waals surface area contributed by atoms with Gasteiger partial charge < -0.3 is 10.2 Å². The Morgan fingerprint density at radius 1 is 1.07 bits per heavy atom. The number of aromatic nitrogens is 2. The number of hydrogen-bond donors (Lipinski definition) is 1. The van der Waals surface area contributed by atoms with E-state index in [1.165, 1.54) is 9.58 Å². The lowest BCUT2D eigenvalue weighted by atomic mass is 10.2. The number of rotatable bonds is 2. The molecule has 2 aliphatic heterocycles. The number of benzene rings is 1. The highest BCUT2D eigenvalue weighted by molar-refractivity contribution is 7.90. The van der Waals surface area contributed by atoms with Gasteiger partial charge in [-0.1, -0.05) is 11.6 Å². The Labute approximate surface area is 161 Å². The molecular weight excluding hydrogens is 392 g/mol. The Kier molecular flexibility index (Phi) is 4.43. The van der Waals surface area contributed by atoms with Crippen LogP contribution < -0.4 is 5.32 Å². The van der Waals surface area contributed by atoms with E-state index >= 15 is 0 Å². The predicted octanol–water partition coefficient (Wildman–Crippen LogP) is 1.51. The lowest BCUT2D eigenvalue weighted by molar-refractivity contribution is -0.142. The number of carbonyl (C=O) groups is 2. The molecular formula is C17H17ClN4O4S. The number of nitrogens with zero attached hydrogens (tertiary/aromatic N) is 3. The van der Waals surface area contributed by atoms with Crippen molar-refractivity contribution in [2.45, 2.75) is 24.3 Å². The van der Waals surface area contributed by atoms with E-state index in [1.54, 1.807) is 24.3 Å². The molecule has 0 spiro atoms. The van der Waals surface area contributed by atoms with Crippen LogP contribution >= 0.6 is 11.6 Å². The van der Waals surface area contributed by atoms with Gasteiger partial charge in [-0.3, -0.25) is 9.59 Å². The van der Waals surface area contributed by atoms with Gasteiger partial charge in [0.1, 0.15) is 5.82 Å². The van der Waals surface area contributed by atoms with Crippen molar-refractivity contribution in [2.24, 2.45) is 0 Å². The topological polar surface area (TPSA) is 101 Å². The minimum absolute atomic E-state index is 0.189. The Morgan fingerprint density at radius 2 is 1.74 bits per heavy atom. The summed E-state index contributed by atoms with van der Waals surface area (Å²) in [5.41, 5.74) is 1.41. The molecule has 0 aliphatic carbocycles. The maximum absolute atomic E-state index is 12.5. The first kappa shape index (κ1) is 18.0. The molecule has 1 aromatic heterocycles. The van der Waals surface area contributed by atoms with Crippen LogP contribution in [-0.4, -0.2) is 48.0 Å². The average Bonchev–Trinajstić information content (AvgIpc) is 3.31. The third-order valence-corrected chi connectivity index (χ3v) is 6.37. The summed E-state index contributed by atoms with van der Waals surface area (Å²) in [7, 11) is -3.31. The Morgan fingerprint density at radius 3 is 2.41 bits per heavy atom. The number of likely N-dealkylation sites (tertiary alicyclic amines) is 1. The van der Waals surface area contributed by atoms with Crippen LogP contribution in [0.25, 0.3) is 5.69 Å². The molecule has 0 unspecified atom stereocenters. The molecule has 1 saturated heterocycles. The summed E-state index contributed by atoms with van der Waals surface area (Å²) in [6, 6.07) is 6.75. The summed E-state index contributed by atoms with van der Waals surface area (Å²) in [4.78, 5) is 26.3. The Bertz CT molecular complexity index is 1020. The summed E-state index contributed by atoms with van der Waals surface area (Å²) in [5, 5.41) is 7.48. The minimum atomic E-state index is -3.31. The van der Waals surface area contributed by atoms with Gasteiger partial charge in [0.15, 0.2) is 9.84 Å². The fourth-order valence-electron chi connectivity index (χ4n) is 3.36. The smallest absolute Gasteiger partial charge is 0.315 e. The minimum Gasteiger partial charge on any atom is -0.334 e. The highest BCUT2D eigenvalue weighted by atomic mass is 35.5. The highest BCUT2D eigenvalue weighted by Gasteiger charge is 2.34. The van der Waals surface area contributed by atoms with E-state index in [4.69, 9.17) is 11.6 Å². The van der Waals surface area contributed by atoms with Gasteiger partial charge in [0, 0.05) is 23.7 Å².